The maximum absolute atomic E-state index is 13.5. The highest BCUT2D eigenvalue weighted by Crippen LogP contribution is 2.53. The molecule has 1 aromatic carbocycles. The number of allylic oxidation sites excluding steroid dienone is 1. The monoisotopic (exact) mass is 409 g/mol. The molecule has 0 radical (unpaired) electrons. The summed E-state index contributed by atoms with van der Waals surface area (Å²) in [5, 5.41) is 4.58. The smallest absolute Gasteiger partial charge is 0.226 e. The number of carbonyl (C=O) groups is 1. The molecule has 1 fully saturated rings. The summed E-state index contributed by atoms with van der Waals surface area (Å²) < 4.78 is 15.2. The van der Waals surface area contributed by atoms with Gasteiger partial charge in [-0.15, -0.1) is 0 Å². The second-order valence-electron chi connectivity index (χ2n) is 9.48. The molecule has 4 nitrogen and oxygen atoms in total. The molecule has 0 saturated heterocycles. The first kappa shape index (κ1) is 20.8. The molecule has 1 aromatic heterocycles. The minimum absolute atomic E-state index is 0.0244. The third-order valence-electron chi connectivity index (χ3n) is 6.72. The molecular formula is C25H32FN3O. The van der Waals surface area contributed by atoms with Crippen LogP contribution in [0.3, 0.4) is 0 Å². The van der Waals surface area contributed by atoms with E-state index < -0.39 is 0 Å². The van der Waals surface area contributed by atoms with Crippen molar-refractivity contribution in [1.82, 2.24) is 14.7 Å². The zero-order chi connectivity index (χ0) is 21.5. The normalized spacial score (nSPS) is 22.6. The Morgan fingerprint density at radius 1 is 1.33 bits per heavy atom. The van der Waals surface area contributed by atoms with E-state index in [0.717, 1.165) is 55.7 Å². The maximum atomic E-state index is 13.5. The number of carbonyl (C=O) groups excluding carboxylic acids is 1. The molecule has 0 bridgehead atoms. The van der Waals surface area contributed by atoms with Gasteiger partial charge in [-0.1, -0.05) is 33.3 Å². The van der Waals surface area contributed by atoms with Crippen LogP contribution in [0.4, 0.5) is 4.39 Å². The number of nitrogens with zero attached hydrogens (tertiary/aromatic N) is 3. The summed E-state index contributed by atoms with van der Waals surface area (Å²) in [5.41, 5.74) is 4.28. The summed E-state index contributed by atoms with van der Waals surface area (Å²) in [6, 6.07) is 6.44. The zero-order valence-electron chi connectivity index (χ0n) is 18.5. The van der Waals surface area contributed by atoms with E-state index in [0.29, 0.717) is 11.8 Å². The molecule has 2 aliphatic carbocycles. The molecule has 0 unspecified atom stereocenters. The van der Waals surface area contributed by atoms with Gasteiger partial charge in [-0.05, 0) is 67.5 Å². The number of fused-ring (bicyclic) bond motifs is 2. The van der Waals surface area contributed by atoms with E-state index in [2.05, 4.69) is 43.8 Å². The van der Waals surface area contributed by atoms with Gasteiger partial charge in [-0.3, -0.25) is 4.79 Å². The van der Waals surface area contributed by atoms with E-state index in [4.69, 9.17) is 0 Å². The topological polar surface area (TPSA) is 38.1 Å². The SMILES string of the molecule is CCCN(CC(C)C)C(=O)[C@H]1CCC2=Cc3c(cnn3-c3ccc(F)cc3)C[C@@]21C. The van der Waals surface area contributed by atoms with Crippen LogP contribution in [0.5, 0.6) is 0 Å². The summed E-state index contributed by atoms with van der Waals surface area (Å²) in [4.78, 5) is 15.6. The molecule has 160 valence electrons. The van der Waals surface area contributed by atoms with Gasteiger partial charge in [0.15, 0.2) is 0 Å². The highest BCUT2D eigenvalue weighted by molar-refractivity contribution is 5.82. The van der Waals surface area contributed by atoms with Crippen molar-refractivity contribution < 1.29 is 9.18 Å². The Morgan fingerprint density at radius 3 is 2.73 bits per heavy atom. The number of amides is 1. The minimum Gasteiger partial charge on any atom is -0.342 e. The maximum Gasteiger partial charge on any atom is 0.226 e. The average molecular weight is 410 g/mol. The first-order chi connectivity index (χ1) is 14.3. The van der Waals surface area contributed by atoms with Gasteiger partial charge in [0.05, 0.1) is 17.6 Å². The number of rotatable bonds is 6. The van der Waals surface area contributed by atoms with Crippen molar-refractivity contribution in [2.75, 3.05) is 13.1 Å². The van der Waals surface area contributed by atoms with Gasteiger partial charge in [-0.25, -0.2) is 9.07 Å². The van der Waals surface area contributed by atoms with Crippen molar-refractivity contribution in [1.29, 1.82) is 0 Å². The molecule has 0 spiro atoms. The third kappa shape index (κ3) is 3.59. The standard InChI is InChI=1S/C25H32FN3O/c1-5-12-28(16-17(2)3)24(30)22-11-6-19-13-23-18(14-25(19,22)4)15-27-29(23)21-9-7-20(26)8-10-21/h7-10,13,15,17,22H,5-6,11-12,14,16H2,1-4H3/t22-,25+/m1/s1. The Labute approximate surface area is 178 Å². The van der Waals surface area contributed by atoms with Crippen molar-refractivity contribution in [2.24, 2.45) is 17.3 Å². The predicted octanol–water partition coefficient (Wildman–Crippen LogP) is 5.26. The first-order valence-corrected chi connectivity index (χ1v) is 11.2. The molecular weight excluding hydrogens is 377 g/mol. The number of halogens is 1. The summed E-state index contributed by atoms with van der Waals surface area (Å²) >= 11 is 0. The van der Waals surface area contributed by atoms with E-state index in [9.17, 15) is 9.18 Å². The second kappa shape index (κ2) is 8.01. The zero-order valence-corrected chi connectivity index (χ0v) is 18.5. The molecule has 0 N–H and O–H groups in total. The summed E-state index contributed by atoms with van der Waals surface area (Å²) in [6.07, 6.45) is 7.81. The van der Waals surface area contributed by atoms with Crippen molar-refractivity contribution >= 4 is 12.0 Å². The van der Waals surface area contributed by atoms with Crippen LogP contribution in [0.25, 0.3) is 11.8 Å². The van der Waals surface area contributed by atoms with E-state index >= 15 is 0 Å². The van der Waals surface area contributed by atoms with E-state index in [1.54, 1.807) is 12.1 Å². The fourth-order valence-electron chi connectivity index (χ4n) is 5.25. The lowest BCUT2D eigenvalue weighted by Crippen LogP contribution is -2.44. The van der Waals surface area contributed by atoms with Gasteiger partial charge in [0.2, 0.25) is 5.91 Å². The third-order valence-corrected chi connectivity index (χ3v) is 6.72. The Hall–Kier alpha value is -2.43. The molecule has 1 heterocycles. The van der Waals surface area contributed by atoms with Crippen LogP contribution >= 0.6 is 0 Å². The highest BCUT2D eigenvalue weighted by Gasteiger charge is 2.49. The Bertz CT molecular complexity index is 959. The number of aromatic nitrogens is 2. The Morgan fingerprint density at radius 2 is 2.07 bits per heavy atom. The molecule has 5 heteroatoms. The highest BCUT2D eigenvalue weighted by atomic mass is 19.1. The van der Waals surface area contributed by atoms with Crippen LogP contribution in [0, 0.1) is 23.1 Å². The molecule has 1 saturated carbocycles. The molecule has 2 aromatic rings. The summed E-state index contributed by atoms with van der Waals surface area (Å²) in [5.74, 6) is 0.555. The van der Waals surface area contributed by atoms with Gasteiger partial charge in [0.25, 0.3) is 0 Å². The number of hydrogen-bond acceptors (Lipinski definition) is 2. The lowest BCUT2D eigenvalue weighted by Gasteiger charge is -2.38. The second-order valence-corrected chi connectivity index (χ2v) is 9.48. The van der Waals surface area contributed by atoms with Gasteiger partial charge in [0, 0.05) is 24.4 Å². The summed E-state index contributed by atoms with van der Waals surface area (Å²) in [6.45, 7) is 10.4. The van der Waals surface area contributed by atoms with Crippen molar-refractivity contribution in [3.8, 4) is 5.69 Å². The first-order valence-electron chi connectivity index (χ1n) is 11.2. The van der Waals surface area contributed by atoms with Crippen molar-refractivity contribution in [3.63, 3.8) is 0 Å². The molecule has 30 heavy (non-hydrogen) atoms. The van der Waals surface area contributed by atoms with Crippen LogP contribution in [0.1, 0.15) is 58.2 Å². The van der Waals surface area contributed by atoms with Gasteiger partial charge in [-0.2, -0.15) is 5.10 Å². The molecule has 0 aliphatic heterocycles. The van der Waals surface area contributed by atoms with Gasteiger partial charge < -0.3 is 4.90 Å². The number of hydrogen-bond donors (Lipinski definition) is 0. The van der Waals surface area contributed by atoms with Crippen molar-refractivity contribution in [3.05, 3.63) is 53.1 Å². The predicted molar refractivity (Wildman–Crippen MR) is 118 cm³/mol. The Balaban J connectivity index is 1.64. The minimum atomic E-state index is -0.249. The van der Waals surface area contributed by atoms with Gasteiger partial charge >= 0.3 is 0 Å². The van der Waals surface area contributed by atoms with Crippen molar-refractivity contribution in [2.45, 2.75) is 53.4 Å². The van der Waals surface area contributed by atoms with E-state index in [-0.39, 0.29) is 17.2 Å². The largest absolute Gasteiger partial charge is 0.342 e. The van der Waals surface area contributed by atoms with E-state index in [1.165, 1.54) is 17.7 Å². The van der Waals surface area contributed by atoms with Crippen LogP contribution in [0.2, 0.25) is 0 Å². The Kier molecular flexibility index (Phi) is 5.56. The lowest BCUT2D eigenvalue weighted by atomic mass is 9.69. The van der Waals surface area contributed by atoms with Gasteiger partial charge in [0.1, 0.15) is 5.82 Å². The van der Waals surface area contributed by atoms with E-state index in [1.807, 2.05) is 10.9 Å². The van der Waals surface area contributed by atoms with Crippen LogP contribution in [-0.4, -0.2) is 33.7 Å². The summed E-state index contributed by atoms with van der Waals surface area (Å²) in [7, 11) is 0. The quantitative estimate of drug-likeness (QED) is 0.653. The fraction of sp³-hybridized carbons (Fsp3) is 0.520. The van der Waals surface area contributed by atoms with Crippen LogP contribution in [0.15, 0.2) is 36.0 Å². The average Bonchev–Trinajstić information content (AvgIpc) is 3.25. The van der Waals surface area contributed by atoms with Crippen LogP contribution < -0.4 is 0 Å². The molecule has 4 rings (SSSR count). The van der Waals surface area contributed by atoms with Crippen LogP contribution in [-0.2, 0) is 11.2 Å². The lowest BCUT2D eigenvalue weighted by molar-refractivity contribution is -0.138. The molecule has 2 aliphatic rings. The number of benzene rings is 1. The fourth-order valence-corrected chi connectivity index (χ4v) is 5.25. The molecule has 2 atom stereocenters. The molecule has 1 amide bonds.